The molecule has 1 saturated heterocycles. The van der Waals surface area contributed by atoms with E-state index < -0.39 is 0 Å². The summed E-state index contributed by atoms with van der Waals surface area (Å²) < 4.78 is 2.41. The molecule has 2 aromatic heterocycles. The normalized spacial score (nSPS) is 28.1. The number of fused-ring (bicyclic) bond motifs is 1. The lowest BCUT2D eigenvalue weighted by Crippen LogP contribution is -2.14. The summed E-state index contributed by atoms with van der Waals surface area (Å²) in [6.07, 6.45) is 4.44. The van der Waals surface area contributed by atoms with Gasteiger partial charge in [-0.3, -0.25) is 0 Å². The molecule has 4 rings (SSSR count). The molecule has 1 saturated carbocycles. The van der Waals surface area contributed by atoms with Gasteiger partial charge in [-0.25, -0.2) is 9.97 Å². The second kappa shape index (κ2) is 3.79. The highest BCUT2D eigenvalue weighted by Gasteiger charge is 2.35. The first kappa shape index (κ1) is 10.5. The Kier molecular flexibility index (Phi) is 2.21. The molecule has 4 heteroatoms. The van der Waals surface area contributed by atoms with Gasteiger partial charge in [-0.05, 0) is 37.4 Å². The molecular formula is C14H18N4. The molecule has 4 nitrogen and oxygen atoms in total. The van der Waals surface area contributed by atoms with Crippen molar-refractivity contribution in [1.82, 2.24) is 19.9 Å². The second-order valence-electron chi connectivity index (χ2n) is 5.66. The molecule has 0 aromatic carbocycles. The van der Waals surface area contributed by atoms with Crippen molar-refractivity contribution in [3.05, 3.63) is 24.2 Å². The summed E-state index contributed by atoms with van der Waals surface area (Å²) in [6, 6.07) is 4.71. The summed E-state index contributed by atoms with van der Waals surface area (Å²) in [6.45, 7) is 4.47. The number of rotatable bonds is 2. The summed E-state index contributed by atoms with van der Waals surface area (Å²) >= 11 is 0. The Hall–Kier alpha value is -1.42. The van der Waals surface area contributed by atoms with Crippen molar-refractivity contribution in [3.63, 3.8) is 0 Å². The Balaban J connectivity index is 1.90. The quantitative estimate of drug-likeness (QED) is 0.877. The van der Waals surface area contributed by atoms with E-state index in [2.05, 4.69) is 27.9 Å². The minimum Gasteiger partial charge on any atom is -0.316 e. The van der Waals surface area contributed by atoms with Gasteiger partial charge in [0.15, 0.2) is 5.65 Å². The summed E-state index contributed by atoms with van der Waals surface area (Å²) in [5, 5.41) is 3.48. The Bertz CT molecular complexity index is 584. The van der Waals surface area contributed by atoms with E-state index in [9.17, 15) is 0 Å². The molecule has 1 aliphatic carbocycles. The van der Waals surface area contributed by atoms with Crippen molar-refractivity contribution in [2.24, 2.45) is 5.92 Å². The van der Waals surface area contributed by atoms with Crippen LogP contribution in [0.15, 0.2) is 18.3 Å². The maximum atomic E-state index is 4.87. The standard InChI is InChI=1S/C14H18N4/c1-9-7-15-8-11(9)13-17-12-3-2-6-16-14(12)18(13)10-4-5-10/h2-3,6,9-11,15H,4-5,7-8H2,1H3. The van der Waals surface area contributed by atoms with Gasteiger partial charge in [0.1, 0.15) is 11.3 Å². The number of nitrogens with zero attached hydrogens (tertiary/aromatic N) is 3. The van der Waals surface area contributed by atoms with Crippen LogP contribution in [-0.2, 0) is 0 Å². The largest absolute Gasteiger partial charge is 0.316 e. The summed E-state index contributed by atoms with van der Waals surface area (Å²) in [4.78, 5) is 9.41. The maximum Gasteiger partial charge on any atom is 0.160 e. The molecule has 1 N–H and O–H groups in total. The first-order chi connectivity index (χ1) is 8.84. The minimum atomic E-state index is 0.541. The van der Waals surface area contributed by atoms with E-state index >= 15 is 0 Å². The van der Waals surface area contributed by atoms with Crippen LogP contribution in [0.25, 0.3) is 11.2 Å². The Morgan fingerprint density at radius 1 is 1.33 bits per heavy atom. The summed E-state index contributed by atoms with van der Waals surface area (Å²) in [5.41, 5.74) is 2.13. The zero-order valence-electron chi connectivity index (χ0n) is 10.6. The number of nitrogens with one attached hydrogen (secondary N) is 1. The van der Waals surface area contributed by atoms with Crippen LogP contribution in [-0.4, -0.2) is 27.6 Å². The summed E-state index contributed by atoms with van der Waals surface area (Å²) in [5.74, 6) is 2.46. The van der Waals surface area contributed by atoms with E-state index in [4.69, 9.17) is 4.98 Å². The first-order valence-corrected chi connectivity index (χ1v) is 6.88. The van der Waals surface area contributed by atoms with Crippen LogP contribution in [0.3, 0.4) is 0 Å². The van der Waals surface area contributed by atoms with E-state index in [1.54, 1.807) is 0 Å². The van der Waals surface area contributed by atoms with Crippen LogP contribution in [0.5, 0.6) is 0 Å². The molecule has 0 bridgehead atoms. The highest BCUT2D eigenvalue weighted by Crippen LogP contribution is 2.41. The van der Waals surface area contributed by atoms with Crippen molar-refractivity contribution in [2.45, 2.75) is 31.7 Å². The van der Waals surface area contributed by atoms with Crippen molar-refractivity contribution < 1.29 is 0 Å². The zero-order valence-corrected chi connectivity index (χ0v) is 10.6. The van der Waals surface area contributed by atoms with Crippen LogP contribution in [0.4, 0.5) is 0 Å². The van der Waals surface area contributed by atoms with E-state index in [0.717, 1.165) is 24.3 Å². The van der Waals surface area contributed by atoms with Gasteiger partial charge in [0.2, 0.25) is 0 Å². The molecule has 2 aliphatic rings. The third-order valence-electron chi connectivity index (χ3n) is 4.24. The average Bonchev–Trinajstić information content (AvgIpc) is 3.01. The molecule has 2 atom stereocenters. The lowest BCUT2D eigenvalue weighted by Gasteiger charge is -2.15. The Morgan fingerprint density at radius 3 is 2.94 bits per heavy atom. The van der Waals surface area contributed by atoms with Crippen molar-refractivity contribution in [2.75, 3.05) is 13.1 Å². The van der Waals surface area contributed by atoms with Gasteiger partial charge in [0, 0.05) is 24.7 Å². The van der Waals surface area contributed by atoms with Gasteiger partial charge in [-0.2, -0.15) is 0 Å². The molecule has 3 heterocycles. The van der Waals surface area contributed by atoms with Crippen molar-refractivity contribution in [3.8, 4) is 0 Å². The van der Waals surface area contributed by atoms with Crippen LogP contribution in [0.2, 0.25) is 0 Å². The van der Waals surface area contributed by atoms with Crippen LogP contribution < -0.4 is 5.32 Å². The van der Waals surface area contributed by atoms with E-state index in [1.165, 1.54) is 18.7 Å². The molecule has 0 radical (unpaired) electrons. The Morgan fingerprint density at radius 2 is 2.22 bits per heavy atom. The van der Waals surface area contributed by atoms with Crippen molar-refractivity contribution in [1.29, 1.82) is 0 Å². The molecule has 1 aliphatic heterocycles. The predicted molar refractivity (Wildman–Crippen MR) is 70.6 cm³/mol. The molecule has 94 valence electrons. The third-order valence-corrected chi connectivity index (χ3v) is 4.24. The Labute approximate surface area is 106 Å². The molecule has 18 heavy (non-hydrogen) atoms. The lowest BCUT2D eigenvalue weighted by molar-refractivity contribution is 0.518. The van der Waals surface area contributed by atoms with Gasteiger partial charge in [-0.1, -0.05) is 6.92 Å². The molecule has 2 fully saturated rings. The van der Waals surface area contributed by atoms with E-state index in [1.807, 2.05) is 12.3 Å². The number of aromatic nitrogens is 3. The molecule has 0 amide bonds. The zero-order chi connectivity index (χ0) is 12.1. The number of hydrogen-bond donors (Lipinski definition) is 1. The summed E-state index contributed by atoms with van der Waals surface area (Å²) in [7, 11) is 0. The molecule has 0 spiro atoms. The highest BCUT2D eigenvalue weighted by molar-refractivity contribution is 5.71. The van der Waals surface area contributed by atoms with Gasteiger partial charge in [-0.15, -0.1) is 0 Å². The van der Waals surface area contributed by atoms with Gasteiger partial charge in [0.25, 0.3) is 0 Å². The second-order valence-corrected chi connectivity index (χ2v) is 5.66. The fraction of sp³-hybridized carbons (Fsp3) is 0.571. The SMILES string of the molecule is CC1CNCC1c1nc2cccnc2n1C1CC1. The molecule has 2 aromatic rings. The van der Waals surface area contributed by atoms with Gasteiger partial charge < -0.3 is 9.88 Å². The van der Waals surface area contributed by atoms with E-state index in [0.29, 0.717) is 17.9 Å². The first-order valence-electron chi connectivity index (χ1n) is 6.88. The number of imidazole rings is 1. The average molecular weight is 242 g/mol. The molecule has 2 unspecified atom stereocenters. The van der Waals surface area contributed by atoms with Crippen LogP contribution >= 0.6 is 0 Å². The minimum absolute atomic E-state index is 0.541. The number of hydrogen-bond acceptors (Lipinski definition) is 3. The predicted octanol–water partition coefficient (Wildman–Crippen LogP) is 2.09. The third kappa shape index (κ3) is 1.48. The smallest absolute Gasteiger partial charge is 0.160 e. The van der Waals surface area contributed by atoms with Crippen LogP contribution in [0, 0.1) is 5.92 Å². The van der Waals surface area contributed by atoms with E-state index in [-0.39, 0.29) is 0 Å². The monoisotopic (exact) mass is 242 g/mol. The molecular weight excluding hydrogens is 224 g/mol. The fourth-order valence-corrected chi connectivity index (χ4v) is 3.06. The topological polar surface area (TPSA) is 42.7 Å². The lowest BCUT2D eigenvalue weighted by atomic mass is 9.97. The highest BCUT2D eigenvalue weighted by atomic mass is 15.2. The number of pyridine rings is 1. The maximum absolute atomic E-state index is 4.87. The fourth-order valence-electron chi connectivity index (χ4n) is 3.06. The van der Waals surface area contributed by atoms with Gasteiger partial charge in [0.05, 0.1) is 0 Å². The van der Waals surface area contributed by atoms with Gasteiger partial charge >= 0.3 is 0 Å². The van der Waals surface area contributed by atoms with Crippen molar-refractivity contribution >= 4 is 11.2 Å². The van der Waals surface area contributed by atoms with Crippen LogP contribution in [0.1, 0.15) is 37.5 Å².